The van der Waals surface area contributed by atoms with Crippen molar-refractivity contribution in [1.82, 2.24) is 0 Å². The minimum Gasteiger partial charge on any atom is -0.483 e. The highest BCUT2D eigenvalue weighted by atomic mass is 79.9. The third-order valence-corrected chi connectivity index (χ3v) is 3.74. The summed E-state index contributed by atoms with van der Waals surface area (Å²) in [4.78, 5) is 10.8. The number of ether oxygens (including phenoxy) is 1. The first-order valence-electron chi connectivity index (χ1n) is 6.89. The van der Waals surface area contributed by atoms with E-state index in [9.17, 15) is 10.1 Å². The molecule has 4 nitrogen and oxygen atoms in total. The van der Waals surface area contributed by atoms with Crippen LogP contribution in [0.15, 0.2) is 46.9 Å². The number of benzene rings is 2. The van der Waals surface area contributed by atoms with Crippen molar-refractivity contribution in [2.75, 3.05) is 6.61 Å². The molecule has 0 saturated heterocycles. The van der Waals surface area contributed by atoms with Crippen LogP contribution in [0.5, 0.6) is 5.75 Å². The van der Waals surface area contributed by atoms with E-state index in [0.717, 1.165) is 16.7 Å². The van der Waals surface area contributed by atoms with Crippen molar-refractivity contribution in [3.8, 4) is 11.8 Å². The Hall–Kier alpha value is -2.58. The molecule has 0 radical (unpaired) electrons. The Labute approximate surface area is 143 Å². The third-order valence-electron chi connectivity index (χ3n) is 3.12. The minimum atomic E-state index is -0.535. The number of nitrogens with two attached hydrogens (primary N) is 1. The molecule has 0 saturated carbocycles. The van der Waals surface area contributed by atoms with E-state index in [1.54, 1.807) is 12.1 Å². The van der Waals surface area contributed by atoms with E-state index in [2.05, 4.69) is 22.0 Å². The molecule has 2 aromatic rings. The van der Waals surface area contributed by atoms with Crippen LogP contribution < -0.4 is 10.5 Å². The summed E-state index contributed by atoms with van der Waals surface area (Å²) in [5.41, 5.74) is 8.48. The smallest absolute Gasteiger partial charge is 0.255 e. The second-order valence-electron chi connectivity index (χ2n) is 4.98. The van der Waals surface area contributed by atoms with Gasteiger partial charge in [-0.3, -0.25) is 4.79 Å². The predicted octanol–water partition coefficient (Wildman–Crippen LogP) is 3.69. The number of halogens is 1. The Balaban J connectivity index is 2.27. The van der Waals surface area contributed by atoms with Crippen molar-refractivity contribution in [1.29, 1.82) is 5.26 Å². The zero-order valence-corrected chi connectivity index (χ0v) is 14.1. The van der Waals surface area contributed by atoms with Gasteiger partial charge in [0.2, 0.25) is 0 Å². The summed E-state index contributed by atoms with van der Waals surface area (Å²) in [5.74, 6) is -0.0122. The zero-order valence-electron chi connectivity index (χ0n) is 12.5. The second-order valence-corrected chi connectivity index (χ2v) is 5.84. The van der Waals surface area contributed by atoms with Gasteiger partial charge in [-0.1, -0.05) is 35.9 Å². The fourth-order valence-corrected chi connectivity index (χ4v) is 2.46. The zero-order chi connectivity index (χ0) is 16.8. The topological polar surface area (TPSA) is 76.1 Å². The Morgan fingerprint density at radius 2 is 2.00 bits per heavy atom. The van der Waals surface area contributed by atoms with E-state index in [1.165, 1.54) is 0 Å². The number of allylic oxidation sites excluding steroid dienone is 1. The summed E-state index contributed by atoms with van der Waals surface area (Å²) in [5, 5.41) is 9.37. The van der Waals surface area contributed by atoms with Gasteiger partial charge in [-0.25, -0.2) is 0 Å². The summed E-state index contributed by atoms with van der Waals surface area (Å²) in [6, 6.07) is 15.4. The van der Waals surface area contributed by atoms with Gasteiger partial charge >= 0.3 is 0 Å². The maximum atomic E-state index is 10.8. The highest BCUT2D eigenvalue weighted by Crippen LogP contribution is 2.28. The number of hydrogen-bond acceptors (Lipinski definition) is 3. The Morgan fingerprint density at radius 1 is 1.30 bits per heavy atom. The molecule has 0 aliphatic heterocycles. The minimum absolute atomic E-state index is 0.180. The van der Waals surface area contributed by atoms with Crippen LogP contribution in [0.1, 0.15) is 16.7 Å². The van der Waals surface area contributed by atoms with Crippen molar-refractivity contribution in [2.45, 2.75) is 6.92 Å². The predicted molar refractivity (Wildman–Crippen MR) is 93.5 cm³/mol. The van der Waals surface area contributed by atoms with Gasteiger partial charge in [0, 0.05) is 0 Å². The highest BCUT2D eigenvalue weighted by molar-refractivity contribution is 9.10. The number of carbonyl (C=O) groups excluding carboxylic acids is 1. The summed E-state index contributed by atoms with van der Waals surface area (Å²) in [6.45, 7) is 1.82. The molecule has 0 atom stereocenters. The molecule has 2 rings (SSSR count). The van der Waals surface area contributed by atoms with Gasteiger partial charge in [0.25, 0.3) is 5.91 Å². The van der Waals surface area contributed by atoms with Crippen LogP contribution in [-0.4, -0.2) is 12.5 Å². The molecule has 0 bridgehead atoms. The monoisotopic (exact) mass is 370 g/mol. The number of amides is 1. The lowest BCUT2D eigenvalue weighted by Gasteiger charge is -2.07. The molecule has 0 unspecified atom stereocenters. The van der Waals surface area contributed by atoms with E-state index in [0.29, 0.717) is 15.8 Å². The van der Waals surface area contributed by atoms with Crippen LogP contribution in [0.4, 0.5) is 0 Å². The van der Waals surface area contributed by atoms with E-state index in [1.807, 2.05) is 43.3 Å². The van der Waals surface area contributed by atoms with Crippen LogP contribution in [0, 0.1) is 18.3 Å². The molecule has 23 heavy (non-hydrogen) atoms. The molecule has 0 heterocycles. The van der Waals surface area contributed by atoms with E-state index < -0.39 is 5.91 Å². The van der Waals surface area contributed by atoms with Gasteiger partial charge in [0.1, 0.15) is 5.75 Å². The normalized spacial score (nSPS) is 10.9. The van der Waals surface area contributed by atoms with Crippen molar-refractivity contribution >= 4 is 33.5 Å². The van der Waals surface area contributed by atoms with E-state index in [4.69, 9.17) is 10.5 Å². The fraction of sp³-hybridized carbons (Fsp3) is 0.111. The number of nitrogens with zero attached hydrogens (tertiary/aromatic N) is 1. The number of carbonyl (C=O) groups is 1. The van der Waals surface area contributed by atoms with Gasteiger partial charge in [-0.05, 0) is 52.2 Å². The molecule has 2 N–H and O–H groups in total. The number of rotatable bonds is 5. The largest absolute Gasteiger partial charge is 0.483 e. The van der Waals surface area contributed by atoms with E-state index >= 15 is 0 Å². The lowest BCUT2D eigenvalue weighted by atomic mass is 10.0. The Morgan fingerprint density at radius 3 is 2.57 bits per heavy atom. The molecule has 5 heteroatoms. The van der Waals surface area contributed by atoms with Crippen molar-refractivity contribution in [3.05, 3.63) is 63.6 Å². The molecular formula is C18H15BrN2O2. The van der Waals surface area contributed by atoms with Crippen LogP contribution in [0.25, 0.3) is 11.6 Å². The average Bonchev–Trinajstić information content (AvgIpc) is 2.52. The molecular weight excluding hydrogens is 356 g/mol. The number of aryl methyl sites for hydroxylation is 1. The first-order chi connectivity index (χ1) is 11.0. The van der Waals surface area contributed by atoms with Gasteiger partial charge in [-0.2, -0.15) is 5.26 Å². The first kappa shape index (κ1) is 16.8. The van der Waals surface area contributed by atoms with Gasteiger partial charge in [0.05, 0.1) is 16.1 Å². The average molecular weight is 371 g/mol. The molecule has 0 fully saturated rings. The molecule has 0 aliphatic carbocycles. The first-order valence-corrected chi connectivity index (χ1v) is 7.68. The molecule has 116 valence electrons. The highest BCUT2D eigenvalue weighted by Gasteiger charge is 2.05. The Kier molecular flexibility index (Phi) is 5.56. The van der Waals surface area contributed by atoms with Crippen molar-refractivity contribution in [2.24, 2.45) is 5.73 Å². The molecule has 0 aromatic heterocycles. The standard InChI is InChI=1S/C18H15BrN2O2/c1-12-2-5-14(6-3-12)15(10-20)8-13-4-7-17(16(19)9-13)23-11-18(21)22/h2-9H,11H2,1H3,(H2,21,22)/b15-8+. The number of nitriles is 1. The summed E-state index contributed by atoms with van der Waals surface area (Å²) < 4.78 is 5.96. The van der Waals surface area contributed by atoms with Crippen molar-refractivity contribution in [3.63, 3.8) is 0 Å². The summed E-state index contributed by atoms with van der Waals surface area (Å²) in [6.07, 6.45) is 1.80. The SMILES string of the molecule is Cc1ccc(/C(C#N)=C/c2ccc(OCC(N)=O)c(Br)c2)cc1. The number of hydrogen-bond donors (Lipinski definition) is 1. The van der Waals surface area contributed by atoms with E-state index in [-0.39, 0.29) is 6.61 Å². The third kappa shape index (κ3) is 4.70. The summed E-state index contributed by atoms with van der Waals surface area (Å²) in [7, 11) is 0. The lowest BCUT2D eigenvalue weighted by Crippen LogP contribution is -2.20. The Bertz CT molecular complexity index is 790. The fourth-order valence-electron chi connectivity index (χ4n) is 1.95. The second kappa shape index (κ2) is 7.61. The van der Waals surface area contributed by atoms with Crippen LogP contribution >= 0.6 is 15.9 Å². The van der Waals surface area contributed by atoms with Crippen LogP contribution in [0.2, 0.25) is 0 Å². The van der Waals surface area contributed by atoms with Gasteiger partial charge in [0.15, 0.2) is 6.61 Å². The quantitative estimate of drug-likeness (QED) is 0.643. The maximum Gasteiger partial charge on any atom is 0.255 e. The van der Waals surface area contributed by atoms with Gasteiger partial charge < -0.3 is 10.5 Å². The molecule has 2 aromatic carbocycles. The molecule has 0 spiro atoms. The summed E-state index contributed by atoms with van der Waals surface area (Å²) >= 11 is 3.39. The maximum absolute atomic E-state index is 10.8. The lowest BCUT2D eigenvalue weighted by molar-refractivity contribution is -0.119. The van der Waals surface area contributed by atoms with Crippen LogP contribution in [0.3, 0.4) is 0 Å². The number of primary amides is 1. The molecule has 0 aliphatic rings. The van der Waals surface area contributed by atoms with Crippen LogP contribution in [-0.2, 0) is 4.79 Å². The van der Waals surface area contributed by atoms with Crippen molar-refractivity contribution < 1.29 is 9.53 Å². The molecule has 1 amide bonds. The van der Waals surface area contributed by atoms with Gasteiger partial charge in [-0.15, -0.1) is 0 Å².